The summed E-state index contributed by atoms with van der Waals surface area (Å²) in [6, 6.07) is 11.2. The standard InChI is InChI=1S/C19H20N4O2S2/c1-12(2)10-20-19(25)22-16(24)11-27-18-13-6-3-4-7-14(13)21-17(23-18)15-8-5-9-26-15/h3-9,12H,10-11H2,1-2H3,(H2,20,22,24,25). The molecule has 0 aliphatic heterocycles. The smallest absolute Gasteiger partial charge is 0.321 e. The Morgan fingerprint density at radius 2 is 1.96 bits per heavy atom. The summed E-state index contributed by atoms with van der Waals surface area (Å²) in [6.45, 7) is 4.50. The van der Waals surface area contributed by atoms with Crippen LogP contribution in [0.25, 0.3) is 21.6 Å². The molecular formula is C19H20N4O2S2. The first-order valence-corrected chi connectivity index (χ1v) is 10.4. The highest BCUT2D eigenvalue weighted by molar-refractivity contribution is 8.00. The van der Waals surface area contributed by atoms with Crippen molar-refractivity contribution in [3.05, 3.63) is 41.8 Å². The lowest BCUT2D eigenvalue weighted by atomic mass is 10.2. The maximum absolute atomic E-state index is 12.1. The van der Waals surface area contributed by atoms with Gasteiger partial charge in [-0.25, -0.2) is 14.8 Å². The van der Waals surface area contributed by atoms with Crippen molar-refractivity contribution in [3.63, 3.8) is 0 Å². The molecule has 3 aromatic rings. The molecule has 27 heavy (non-hydrogen) atoms. The largest absolute Gasteiger partial charge is 0.338 e. The molecule has 3 rings (SSSR count). The zero-order chi connectivity index (χ0) is 19.2. The fourth-order valence-electron chi connectivity index (χ4n) is 2.31. The Kier molecular flexibility index (Phi) is 6.41. The Morgan fingerprint density at radius 3 is 2.70 bits per heavy atom. The number of carbonyl (C=O) groups excluding carboxylic acids is 2. The zero-order valence-electron chi connectivity index (χ0n) is 15.1. The van der Waals surface area contributed by atoms with Crippen molar-refractivity contribution in [3.8, 4) is 10.7 Å². The molecule has 2 heterocycles. The van der Waals surface area contributed by atoms with E-state index in [9.17, 15) is 9.59 Å². The minimum atomic E-state index is -0.471. The number of carbonyl (C=O) groups is 2. The molecule has 0 aliphatic carbocycles. The Morgan fingerprint density at radius 1 is 1.15 bits per heavy atom. The number of urea groups is 1. The van der Waals surface area contributed by atoms with Crippen molar-refractivity contribution < 1.29 is 9.59 Å². The van der Waals surface area contributed by atoms with Crippen LogP contribution in [0.1, 0.15) is 13.8 Å². The number of thioether (sulfide) groups is 1. The fourth-order valence-corrected chi connectivity index (χ4v) is 3.79. The number of thiophene rings is 1. The number of hydrogen-bond donors (Lipinski definition) is 2. The second kappa shape index (κ2) is 8.96. The number of benzene rings is 1. The van der Waals surface area contributed by atoms with Gasteiger partial charge in [-0.15, -0.1) is 11.3 Å². The fraction of sp³-hybridized carbons (Fsp3) is 0.263. The molecule has 0 aliphatic rings. The molecule has 0 spiro atoms. The summed E-state index contributed by atoms with van der Waals surface area (Å²) in [5.74, 6) is 0.700. The molecule has 0 saturated carbocycles. The lowest BCUT2D eigenvalue weighted by Crippen LogP contribution is -2.41. The van der Waals surface area contributed by atoms with Crippen LogP contribution in [-0.4, -0.2) is 34.2 Å². The van der Waals surface area contributed by atoms with Gasteiger partial charge >= 0.3 is 6.03 Å². The topological polar surface area (TPSA) is 84.0 Å². The van der Waals surface area contributed by atoms with Gasteiger partial charge < -0.3 is 5.32 Å². The molecule has 140 valence electrons. The third-order valence-corrected chi connectivity index (χ3v) is 5.43. The van der Waals surface area contributed by atoms with E-state index in [1.807, 2.05) is 55.6 Å². The number of rotatable bonds is 6. The molecule has 2 N–H and O–H groups in total. The van der Waals surface area contributed by atoms with Gasteiger partial charge in [0.05, 0.1) is 16.1 Å². The number of nitrogens with one attached hydrogen (secondary N) is 2. The maximum atomic E-state index is 12.1. The van der Waals surface area contributed by atoms with Crippen molar-refractivity contribution in [2.24, 2.45) is 5.92 Å². The predicted octanol–water partition coefficient (Wildman–Crippen LogP) is 3.93. The van der Waals surface area contributed by atoms with Crippen molar-refractivity contribution in [1.82, 2.24) is 20.6 Å². The summed E-state index contributed by atoms with van der Waals surface area (Å²) in [6.07, 6.45) is 0. The van der Waals surface area contributed by atoms with Crippen molar-refractivity contribution in [2.75, 3.05) is 12.3 Å². The van der Waals surface area contributed by atoms with Crippen LogP contribution in [0.15, 0.2) is 46.8 Å². The van der Waals surface area contributed by atoms with Crippen LogP contribution >= 0.6 is 23.1 Å². The molecule has 0 unspecified atom stereocenters. The van der Waals surface area contributed by atoms with E-state index in [4.69, 9.17) is 0 Å². The van der Waals surface area contributed by atoms with Gasteiger partial charge in [-0.2, -0.15) is 0 Å². The summed E-state index contributed by atoms with van der Waals surface area (Å²) in [5.41, 5.74) is 0.827. The molecular weight excluding hydrogens is 380 g/mol. The van der Waals surface area contributed by atoms with E-state index in [-0.39, 0.29) is 11.7 Å². The van der Waals surface area contributed by atoms with E-state index in [1.54, 1.807) is 11.3 Å². The van der Waals surface area contributed by atoms with Crippen molar-refractivity contribution in [1.29, 1.82) is 0 Å². The van der Waals surface area contributed by atoms with Gasteiger partial charge in [-0.1, -0.05) is 49.9 Å². The average molecular weight is 401 g/mol. The van der Waals surface area contributed by atoms with E-state index in [0.717, 1.165) is 20.8 Å². The first-order valence-electron chi connectivity index (χ1n) is 8.54. The molecule has 0 saturated heterocycles. The van der Waals surface area contributed by atoms with Crippen LogP contribution in [0.4, 0.5) is 4.79 Å². The molecule has 0 bridgehead atoms. The first kappa shape index (κ1) is 19.3. The summed E-state index contributed by atoms with van der Waals surface area (Å²) in [7, 11) is 0. The monoisotopic (exact) mass is 400 g/mol. The summed E-state index contributed by atoms with van der Waals surface area (Å²) in [4.78, 5) is 34.0. The van der Waals surface area contributed by atoms with Crippen LogP contribution < -0.4 is 10.6 Å². The van der Waals surface area contributed by atoms with Gasteiger partial charge in [0.25, 0.3) is 0 Å². The van der Waals surface area contributed by atoms with Crippen LogP contribution in [0.5, 0.6) is 0 Å². The second-order valence-electron chi connectivity index (χ2n) is 6.29. The first-order chi connectivity index (χ1) is 13.0. The van der Waals surface area contributed by atoms with E-state index in [1.165, 1.54) is 11.8 Å². The van der Waals surface area contributed by atoms with Gasteiger partial charge in [-0.05, 0) is 23.4 Å². The Labute approximate surface area is 165 Å². The lowest BCUT2D eigenvalue weighted by Gasteiger charge is -2.09. The highest BCUT2D eigenvalue weighted by Crippen LogP contribution is 2.29. The highest BCUT2D eigenvalue weighted by Gasteiger charge is 2.13. The highest BCUT2D eigenvalue weighted by atomic mass is 32.2. The summed E-state index contributed by atoms with van der Waals surface area (Å²) >= 11 is 2.86. The molecule has 0 fully saturated rings. The van der Waals surface area contributed by atoms with Gasteiger partial charge in [0.15, 0.2) is 5.82 Å². The summed E-state index contributed by atoms with van der Waals surface area (Å²) in [5, 5.41) is 8.60. The zero-order valence-corrected chi connectivity index (χ0v) is 16.7. The third kappa shape index (κ3) is 5.27. The van der Waals surface area contributed by atoms with Gasteiger partial charge in [0.2, 0.25) is 5.91 Å². The SMILES string of the molecule is CC(C)CNC(=O)NC(=O)CSc1nc(-c2cccs2)nc2ccccc12. The Balaban J connectivity index is 1.72. The number of nitrogens with zero attached hydrogens (tertiary/aromatic N) is 2. The second-order valence-corrected chi connectivity index (χ2v) is 8.20. The molecule has 3 amide bonds. The van der Waals surface area contributed by atoms with Crippen LogP contribution in [0.2, 0.25) is 0 Å². The van der Waals surface area contributed by atoms with Crippen LogP contribution in [0.3, 0.4) is 0 Å². The predicted molar refractivity (Wildman–Crippen MR) is 110 cm³/mol. The minimum Gasteiger partial charge on any atom is -0.338 e. The minimum absolute atomic E-state index is 0.0972. The molecule has 8 heteroatoms. The number of amides is 3. The van der Waals surface area contributed by atoms with Crippen molar-refractivity contribution in [2.45, 2.75) is 18.9 Å². The molecule has 0 radical (unpaired) electrons. The number of fused-ring (bicyclic) bond motifs is 1. The van der Waals surface area contributed by atoms with E-state index in [0.29, 0.717) is 18.3 Å². The quantitative estimate of drug-likeness (QED) is 0.484. The molecule has 2 aromatic heterocycles. The van der Waals surface area contributed by atoms with Gasteiger partial charge in [0, 0.05) is 11.9 Å². The molecule has 1 aromatic carbocycles. The summed E-state index contributed by atoms with van der Waals surface area (Å²) < 4.78 is 0. The van der Waals surface area contributed by atoms with Crippen molar-refractivity contribution >= 4 is 45.9 Å². The normalized spacial score (nSPS) is 10.9. The van der Waals surface area contributed by atoms with Gasteiger partial charge in [0.1, 0.15) is 5.03 Å². The van der Waals surface area contributed by atoms with Crippen LogP contribution in [0, 0.1) is 5.92 Å². The Hall–Kier alpha value is -2.45. The van der Waals surface area contributed by atoms with E-state index in [2.05, 4.69) is 20.6 Å². The van der Waals surface area contributed by atoms with E-state index < -0.39 is 6.03 Å². The number of imide groups is 1. The number of para-hydroxylation sites is 1. The maximum Gasteiger partial charge on any atom is 0.321 e. The van der Waals surface area contributed by atoms with Gasteiger partial charge in [-0.3, -0.25) is 10.1 Å². The molecule has 0 atom stereocenters. The molecule has 6 nitrogen and oxygen atoms in total. The third-order valence-electron chi connectivity index (χ3n) is 3.57. The van der Waals surface area contributed by atoms with E-state index >= 15 is 0 Å². The number of aromatic nitrogens is 2. The average Bonchev–Trinajstić information content (AvgIpc) is 3.19. The lowest BCUT2D eigenvalue weighted by molar-refractivity contribution is -0.117. The Bertz CT molecular complexity index is 942. The van der Waals surface area contributed by atoms with Crippen LogP contribution in [-0.2, 0) is 4.79 Å². The number of hydrogen-bond acceptors (Lipinski definition) is 6.